The molecule has 0 radical (unpaired) electrons. The van der Waals surface area contributed by atoms with Gasteiger partial charge in [0, 0.05) is 30.2 Å². The van der Waals surface area contributed by atoms with Crippen LogP contribution in [0.25, 0.3) is 11.1 Å². The van der Waals surface area contributed by atoms with Gasteiger partial charge in [0.15, 0.2) is 11.5 Å². The van der Waals surface area contributed by atoms with Gasteiger partial charge in [-0.2, -0.15) is 0 Å². The first-order chi connectivity index (χ1) is 11.7. The molecule has 2 amide bonds. The maximum absolute atomic E-state index is 12.3. The van der Waals surface area contributed by atoms with Gasteiger partial charge in [-0.1, -0.05) is 12.8 Å². The van der Waals surface area contributed by atoms with Crippen LogP contribution in [0.3, 0.4) is 0 Å². The van der Waals surface area contributed by atoms with E-state index in [1.807, 2.05) is 18.2 Å². The van der Waals surface area contributed by atoms with E-state index in [4.69, 9.17) is 4.42 Å². The van der Waals surface area contributed by atoms with Gasteiger partial charge in [-0.25, -0.2) is 9.78 Å². The largest absolute Gasteiger partial charge is 0.440 e. The summed E-state index contributed by atoms with van der Waals surface area (Å²) in [6.07, 6.45) is 6.40. The second-order valence-electron chi connectivity index (χ2n) is 6.94. The van der Waals surface area contributed by atoms with E-state index in [9.17, 15) is 9.90 Å². The predicted octanol–water partition coefficient (Wildman–Crippen LogP) is 3.38. The van der Waals surface area contributed by atoms with Crippen LogP contribution in [-0.2, 0) is 0 Å². The van der Waals surface area contributed by atoms with Gasteiger partial charge in [0.1, 0.15) is 5.52 Å². The second kappa shape index (κ2) is 6.43. The van der Waals surface area contributed by atoms with E-state index in [1.54, 1.807) is 0 Å². The fourth-order valence-electron chi connectivity index (χ4n) is 3.48. The number of nitrogens with zero attached hydrogens (tertiary/aromatic N) is 1. The van der Waals surface area contributed by atoms with Crippen molar-refractivity contribution in [2.75, 3.05) is 11.9 Å². The highest BCUT2D eigenvalue weighted by Gasteiger charge is 2.29. The number of aliphatic hydroxyl groups excluding tert-OH is 1. The zero-order valence-electron chi connectivity index (χ0n) is 13.6. The molecule has 0 bridgehead atoms. The van der Waals surface area contributed by atoms with Crippen molar-refractivity contribution < 1.29 is 14.3 Å². The van der Waals surface area contributed by atoms with Crippen molar-refractivity contribution >= 4 is 22.8 Å². The molecule has 4 rings (SSSR count). The number of benzene rings is 1. The smallest absolute Gasteiger partial charge is 0.319 e. The molecule has 2 fully saturated rings. The summed E-state index contributed by atoms with van der Waals surface area (Å²) in [4.78, 5) is 16.8. The van der Waals surface area contributed by atoms with E-state index in [1.165, 1.54) is 0 Å². The van der Waals surface area contributed by atoms with E-state index in [-0.39, 0.29) is 24.6 Å². The van der Waals surface area contributed by atoms with Crippen molar-refractivity contribution in [1.29, 1.82) is 0 Å². The van der Waals surface area contributed by atoms with Crippen molar-refractivity contribution in [3.8, 4) is 0 Å². The summed E-state index contributed by atoms with van der Waals surface area (Å²) in [7, 11) is 0. The van der Waals surface area contributed by atoms with Crippen molar-refractivity contribution in [1.82, 2.24) is 10.3 Å². The Morgan fingerprint density at radius 2 is 2.08 bits per heavy atom. The van der Waals surface area contributed by atoms with Crippen LogP contribution in [0.15, 0.2) is 22.6 Å². The molecule has 6 heteroatoms. The Kier molecular flexibility index (Phi) is 4.14. The van der Waals surface area contributed by atoms with E-state index in [0.29, 0.717) is 11.6 Å². The lowest BCUT2D eigenvalue weighted by Crippen LogP contribution is -2.45. The molecule has 128 valence electrons. The molecule has 0 spiro atoms. The number of nitrogens with one attached hydrogen (secondary N) is 2. The Hall–Kier alpha value is -2.08. The highest BCUT2D eigenvalue weighted by atomic mass is 16.3. The van der Waals surface area contributed by atoms with Crippen LogP contribution in [0.2, 0.25) is 0 Å². The maximum Gasteiger partial charge on any atom is 0.319 e. The Morgan fingerprint density at radius 1 is 1.25 bits per heavy atom. The van der Waals surface area contributed by atoms with Crippen LogP contribution >= 0.6 is 0 Å². The fourth-order valence-corrected chi connectivity index (χ4v) is 3.48. The van der Waals surface area contributed by atoms with Crippen LogP contribution in [0, 0.1) is 5.92 Å². The maximum atomic E-state index is 12.3. The highest BCUT2D eigenvalue weighted by Crippen LogP contribution is 2.40. The molecule has 2 aliphatic rings. The number of carbonyl (C=O) groups is 1. The van der Waals surface area contributed by atoms with Crippen LogP contribution in [0.5, 0.6) is 0 Å². The van der Waals surface area contributed by atoms with Gasteiger partial charge in [-0.15, -0.1) is 0 Å². The molecule has 2 atom stereocenters. The van der Waals surface area contributed by atoms with Crippen molar-refractivity contribution in [2.45, 2.75) is 50.5 Å². The Balaban J connectivity index is 1.42. The zero-order valence-corrected chi connectivity index (χ0v) is 13.6. The second-order valence-corrected chi connectivity index (χ2v) is 6.94. The topological polar surface area (TPSA) is 87.4 Å². The first-order valence-electron chi connectivity index (χ1n) is 8.82. The molecular formula is C18H23N3O3. The zero-order chi connectivity index (χ0) is 16.5. The van der Waals surface area contributed by atoms with Crippen LogP contribution < -0.4 is 10.6 Å². The summed E-state index contributed by atoms with van der Waals surface area (Å²) in [5.41, 5.74) is 2.24. The minimum atomic E-state index is -0.231. The summed E-state index contributed by atoms with van der Waals surface area (Å²) in [6, 6.07) is 5.33. The molecule has 1 aromatic carbocycles. The number of hydrogen-bond acceptors (Lipinski definition) is 4. The molecule has 3 N–H and O–H groups in total. The summed E-state index contributed by atoms with van der Waals surface area (Å²) in [5, 5.41) is 15.3. The van der Waals surface area contributed by atoms with E-state index in [2.05, 4.69) is 15.6 Å². The van der Waals surface area contributed by atoms with Gasteiger partial charge in [0.2, 0.25) is 0 Å². The number of oxazole rings is 1. The third-order valence-corrected chi connectivity index (χ3v) is 5.05. The summed E-state index contributed by atoms with van der Waals surface area (Å²) in [6.45, 7) is 0.125. The molecular weight excluding hydrogens is 306 g/mol. The molecule has 2 unspecified atom stereocenters. The summed E-state index contributed by atoms with van der Waals surface area (Å²) >= 11 is 0. The molecule has 1 heterocycles. The molecule has 2 aliphatic carbocycles. The van der Waals surface area contributed by atoms with E-state index >= 15 is 0 Å². The number of aromatic nitrogens is 1. The SMILES string of the molecule is O=C(Nc1ccc2oc(C3CC3)nc2c1)NC1CCCCC1CO. The van der Waals surface area contributed by atoms with Crippen LogP contribution in [-0.4, -0.2) is 28.8 Å². The molecule has 6 nitrogen and oxygen atoms in total. The quantitative estimate of drug-likeness (QED) is 0.802. The number of aliphatic hydroxyl groups is 1. The molecule has 1 aromatic heterocycles. The number of carbonyl (C=O) groups excluding carboxylic acids is 1. The molecule has 2 aromatic rings. The lowest BCUT2D eigenvalue weighted by Gasteiger charge is -2.30. The van der Waals surface area contributed by atoms with Gasteiger partial charge >= 0.3 is 6.03 Å². The number of urea groups is 1. The molecule has 2 saturated carbocycles. The minimum Gasteiger partial charge on any atom is -0.440 e. The normalized spacial score (nSPS) is 24.0. The minimum absolute atomic E-state index is 0.0426. The number of fused-ring (bicyclic) bond motifs is 1. The Bertz CT molecular complexity index is 738. The Labute approximate surface area is 140 Å². The van der Waals surface area contributed by atoms with Crippen LogP contribution in [0.1, 0.15) is 50.3 Å². The molecule has 24 heavy (non-hydrogen) atoms. The third-order valence-electron chi connectivity index (χ3n) is 5.05. The van der Waals surface area contributed by atoms with Gasteiger partial charge < -0.3 is 20.2 Å². The lowest BCUT2D eigenvalue weighted by molar-refractivity contribution is 0.156. The first kappa shape index (κ1) is 15.4. The average Bonchev–Trinajstić information content (AvgIpc) is 3.35. The summed E-state index contributed by atoms with van der Waals surface area (Å²) < 4.78 is 5.73. The lowest BCUT2D eigenvalue weighted by atomic mass is 9.85. The van der Waals surface area contributed by atoms with Crippen molar-refractivity contribution in [2.24, 2.45) is 5.92 Å². The number of hydrogen-bond donors (Lipinski definition) is 3. The average molecular weight is 329 g/mol. The van der Waals surface area contributed by atoms with Gasteiger partial charge in [0.25, 0.3) is 0 Å². The van der Waals surface area contributed by atoms with E-state index < -0.39 is 0 Å². The van der Waals surface area contributed by atoms with Crippen molar-refractivity contribution in [3.63, 3.8) is 0 Å². The highest BCUT2D eigenvalue weighted by molar-refractivity contribution is 5.91. The van der Waals surface area contributed by atoms with Crippen molar-refractivity contribution in [3.05, 3.63) is 24.1 Å². The predicted molar refractivity (Wildman–Crippen MR) is 91.0 cm³/mol. The standard InChI is InChI=1S/C18H23N3O3/c22-10-12-3-1-2-4-14(12)21-18(23)19-13-7-8-16-15(9-13)20-17(24-16)11-5-6-11/h7-9,11-12,14,22H,1-6,10H2,(H2,19,21,23). The number of amides is 2. The van der Waals surface area contributed by atoms with Gasteiger partial charge in [-0.05, 0) is 43.9 Å². The van der Waals surface area contributed by atoms with Gasteiger partial charge in [-0.3, -0.25) is 0 Å². The van der Waals surface area contributed by atoms with E-state index in [0.717, 1.165) is 55.5 Å². The van der Waals surface area contributed by atoms with Crippen LogP contribution in [0.4, 0.5) is 10.5 Å². The Morgan fingerprint density at radius 3 is 2.88 bits per heavy atom. The fraction of sp³-hybridized carbons (Fsp3) is 0.556. The van der Waals surface area contributed by atoms with Gasteiger partial charge in [0.05, 0.1) is 0 Å². The summed E-state index contributed by atoms with van der Waals surface area (Å²) in [5.74, 6) is 1.43. The molecule has 0 saturated heterocycles. The first-order valence-corrected chi connectivity index (χ1v) is 8.82. The molecule has 0 aliphatic heterocycles. The number of anilines is 1. The number of rotatable bonds is 4. The monoisotopic (exact) mass is 329 g/mol. The third kappa shape index (κ3) is 3.24.